The van der Waals surface area contributed by atoms with E-state index >= 15 is 0 Å². The van der Waals surface area contributed by atoms with Crippen LogP contribution in [0.15, 0.2) is 0 Å². The molecule has 1 fully saturated rings. The molecule has 2 atom stereocenters. The van der Waals surface area contributed by atoms with Crippen LogP contribution in [0.4, 0.5) is 10.6 Å². The third-order valence-electron chi connectivity index (χ3n) is 4.17. The monoisotopic (exact) mass is 476 g/mol. The molecule has 0 unspecified atom stereocenters. The van der Waals surface area contributed by atoms with E-state index in [1.807, 2.05) is 27.7 Å². The van der Waals surface area contributed by atoms with E-state index in [9.17, 15) is 9.59 Å². The maximum Gasteiger partial charge on any atom is 0.368 e. The molecule has 1 saturated heterocycles. The highest BCUT2D eigenvalue weighted by molar-refractivity contribution is 8.13. The number of aromatic nitrogens is 2. The lowest BCUT2D eigenvalue weighted by molar-refractivity contribution is -0.159. The van der Waals surface area contributed by atoms with Crippen LogP contribution in [0.2, 0.25) is 0 Å². The average Bonchev–Trinajstić information content (AvgIpc) is 3.18. The zero-order valence-electron chi connectivity index (χ0n) is 18.7. The third kappa shape index (κ3) is 9.17. The summed E-state index contributed by atoms with van der Waals surface area (Å²) in [6, 6.07) is 0. The van der Waals surface area contributed by atoms with Gasteiger partial charge < -0.3 is 29.2 Å². The normalized spacial score (nSPS) is 16.5. The Kier molecular flexibility index (Phi) is 10.3. The van der Waals surface area contributed by atoms with Gasteiger partial charge in [-0.15, -0.1) is 4.37 Å². The topological polar surface area (TPSA) is 112 Å². The molecule has 1 N–H and O–H groups in total. The number of thioether (sulfide) groups is 1. The smallest absolute Gasteiger partial charge is 0.368 e. The first-order valence-corrected chi connectivity index (χ1v) is 12.0. The minimum atomic E-state index is -1.01. The summed E-state index contributed by atoms with van der Waals surface area (Å²) in [6.45, 7) is 12.5. The van der Waals surface area contributed by atoms with Crippen molar-refractivity contribution in [3.63, 3.8) is 0 Å². The molecular formula is C19H32N4O6S2. The van der Waals surface area contributed by atoms with Gasteiger partial charge in [0.05, 0.1) is 24.9 Å². The van der Waals surface area contributed by atoms with Crippen molar-refractivity contribution < 1.29 is 28.5 Å². The summed E-state index contributed by atoms with van der Waals surface area (Å²) in [7, 11) is 0. The molecule has 0 aliphatic carbocycles. The van der Waals surface area contributed by atoms with Gasteiger partial charge in [-0.2, -0.15) is 4.37 Å². The summed E-state index contributed by atoms with van der Waals surface area (Å²) in [5.74, 6) is 1.02. The number of carbonyl (C=O) groups is 2. The average molecular weight is 477 g/mol. The number of hydrogen-bond acceptors (Lipinski definition) is 12. The molecule has 0 aromatic carbocycles. The minimum Gasteiger partial charge on any atom is -0.470 e. The first kappa shape index (κ1) is 25.6. The first-order valence-electron chi connectivity index (χ1n) is 10.3. The van der Waals surface area contributed by atoms with Crippen LogP contribution in [0.3, 0.4) is 0 Å². The van der Waals surface area contributed by atoms with Gasteiger partial charge in [0.1, 0.15) is 12.7 Å². The van der Waals surface area contributed by atoms with Crippen LogP contribution in [0.25, 0.3) is 0 Å². The van der Waals surface area contributed by atoms with Gasteiger partial charge in [0, 0.05) is 30.9 Å². The number of anilines is 1. The van der Waals surface area contributed by atoms with Gasteiger partial charge in [-0.25, -0.2) is 9.59 Å². The number of nitrogens with zero attached hydrogens (tertiary/aromatic N) is 3. The van der Waals surface area contributed by atoms with Crippen LogP contribution in [0.1, 0.15) is 34.6 Å². The Morgan fingerprint density at radius 2 is 1.97 bits per heavy atom. The van der Waals surface area contributed by atoms with Crippen molar-refractivity contribution >= 4 is 40.6 Å². The first-order chi connectivity index (χ1) is 14.7. The highest BCUT2D eigenvalue weighted by atomic mass is 32.2. The predicted molar refractivity (Wildman–Crippen MR) is 120 cm³/mol. The van der Waals surface area contributed by atoms with Gasteiger partial charge in [0.15, 0.2) is 6.10 Å². The highest BCUT2D eigenvalue weighted by Crippen LogP contribution is 2.26. The molecular weight excluding hydrogens is 444 g/mol. The maximum absolute atomic E-state index is 12.5. The molecule has 0 saturated carbocycles. The number of nitrogens with one attached hydrogen (secondary N) is 1. The number of carbonyl (C=O) groups excluding carboxylic acids is 2. The van der Waals surface area contributed by atoms with E-state index in [0.29, 0.717) is 50.3 Å². The highest BCUT2D eigenvalue weighted by Gasteiger charge is 2.26. The minimum absolute atomic E-state index is 0.0853. The van der Waals surface area contributed by atoms with E-state index < -0.39 is 23.5 Å². The Hall–Kier alpha value is -1.63. The molecule has 0 spiro atoms. The number of esters is 1. The molecule has 0 amide bonds. The van der Waals surface area contributed by atoms with Crippen molar-refractivity contribution in [1.82, 2.24) is 14.1 Å². The molecule has 10 nitrogen and oxygen atoms in total. The van der Waals surface area contributed by atoms with Gasteiger partial charge in [-0.1, -0.05) is 6.92 Å². The molecule has 176 valence electrons. The second kappa shape index (κ2) is 12.4. The van der Waals surface area contributed by atoms with Gasteiger partial charge in [-0.05, 0) is 39.5 Å². The second-order valence-electron chi connectivity index (χ2n) is 7.94. The molecule has 0 bridgehead atoms. The summed E-state index contributed by atoms with van der Waals surface area (Å²) in [5.41, 5.74) is -0.179. The van der Waals surface area contributed by atoms with Crippen molar-refractivity contribution in [2.24, 2.45) is 0 Å². The Balaban J connectivity index is 1.97. The van der Waals surface area contributed by atoms with E-state index in [0.717, 1.165) is 23.5 Å². The Labute approximate surface area is 191 Å². The molecule has 31 heavy (non-hydrogen) atoms. The number of rotatable bonds is 10. The summed E-state index contributed by atoms with van der Waals surface area (Å²) in [5, 5.41) is 2.80. The lowest BCUT2D eigenvalue weighted by Gasteiger charge is -2.28. The molecule has 1 aliphatic heterocycles. The van der Waals surface area contributed by atoms with Crippen LogP contribution in [-0.2, 0) is 19.0 Å². The lowest BCUT2D eigenvalue weighted by atomic mass is 10.1. The molecule has 1 aromatic rings. The van der Waals surface area contributed by atoms with Crippen molar-refractivity contribution in [2.75, 3.05) is 50.1 Å². The summed E-state index contributed by atoms with van der Waals surface area (Å²) in [4.78, 5) is 26.2. The van der Waals surface area contributed by atoms with E-state index in [1.54, 1.807) is 0 Å². The van der Waals surface area contributed by atoms with E-state index in [4.69, 9.17) is 18.9 Å². The molecule has 2 heterocycles. The fraction of sp³-hybridized carbons (Fsp3) is 0.789. The second-order valence-corrected chi connectivity index (χ2v) is 9.66. The summed E-state index contributed by atoms with van der Waals surface area (Å²) in [6.07, 6.45) is -1.61. The molecule has 0 radical (unpaired) electrons. The Bertz CT molecular complexity index is 706. The summed E-state index contributed by atoms with van der Waals surface area (Å²) < 4.78 is 30.5. The van der Waals surface area contributed by atoms with Crippen LogP contribution in [-0.4, -0.2) is 83.0 Å². The zero-order chi connectivity index (χ0) is 22.9. The van der Waals surface area contributed by atoms with Crippen LogP contribution in [0.5, 0.6) is 5.88 Å². The van der Waals surface area contributed by atoms with E-state index in [2.05, 4.69) is 19.0 Å². The largest absolute Gasteiger partial charge is 0.470 e. The number of morpholine rings is 1. The molecule has 12 heteroatoms. The molecule has 1 aromatic heterocycles. The van der Waals surface area contributed by atoms with Gasteiger partial charge in [0.2, 0.25) is 5.82 Å². The maximum atomic E-state index is 12.5. The summed E-state index contributed by atoms with van der Waals surface area (Å²) >= 11 is 2.07. The number of ether oxygens (including phenoxy) is 4. The molecule has 2 rings (SSSR count). The van der Waals surface area contributed by atoms with Crippen LogP contribution in [0, 0.1) is 0 Å². The van der Waals surface area contributed by atoms with Crippen LogP contribution >= 0.6 is 23.5 Å². The standard InChI is InChI=1S/C19H32N4O6S2/c1-6-30-18(25)28-13(2)17(24)29-14(11-20-19(3,4)5)12-27-16-15(21-31-22-16)23-7-9-26-10-8-23/h13-14,20H,6-12H2,1-5H3/t13-,14+/m1/s1. The zero-order valence-corrected chi connectivity index (χ0v) is 20.3. The fourth-order valence-electron chi connectivity index (χ4n) is 2.57. The van der Waals surface area contributed by atoms with Crippen LogP contribution < -0.4 is 15.0 Å². The van der Waals surface area contributed by atoms with Gasteiger partial charge >= 0.3 is 11.3 Å². The van der Waals surface area contributed by atoms with E-state index in [1.165, 1.54) is 6.92 Å². The Morgan fingerprint density at radius 1 is 1.26 bits per heavy atom. The predicted octanol–water partition coefficient (Wildman–Crippen LogP) is 2.33. The Morgan fingerprint density at radius 3 is 2.61 bits per heavy atom. The van der Waals surface area contributed by atoms with Gasteiger partial charge in [-0.3, -0.25) is 0 Å². The lowest BCUT2D eigenvalue weighted by Crippen LogP contribution is -2.45. The van der Waals surface area contributed by atoms with Crippen molar-refractivity contribution in [1.29, 1.82) is 0 Å². The fourth-order valence-corrected chi connectivity index (χ4v) is 3.53. The number of hydrogen-bond donors (Lipinski definition) is 1. The van der Waals surface area contributed by atoms with Crippen molar-refractivity contribution in [2.45, 2.75) is 52.4 Å². The third-order valence-corrected chi connectivity index (χ3v) is 5.29. The van der Waals surface area contributed by atoms with Gasteiger partial charge in [0.25, 0.3) is 5.88 Å². The van der Waals surface area contributed by atoms with E-state index in [-0.39, 0.29) is 12.1 Å². The van der Waals surface area contributed by atoms with Crippen molar-refractivity contribution in [3.05, 3.63) is 0 Å². The van der Waals surface area contributed by atoms with Crippen molar-refractivity contribution in [3.8, 4) is 5.88 Å². The quantitative estimate of drug-likeness (QED) is 0.502. The SMILES string of the molecule is CCSC(=O)O[C@H](C)C(=O)O[C@@H](CNC(C)(C)C)COc1nsnc1N1CCOCC1. The molecule has 1 aliphatic rings.